The summed E-state index contributed by atoms with van der Waals surface area (Å²) in [6.07, 6.45) is 1.67. The topological polar surface area (TPSA) is 64.8 Å². The van der Waals surface area contributed by atoms with Crippen molar-refractivity contribution in [3.05, 3.63) is 72.3 Å². The number of carbonyl (C=O) groups is 1. The first-order chi connectivity index (χ1) is 12.6. The van der Waals surface area contributed by atoms with Gasteiger partial charge in [-0.25, -0.2) is 0 Å². The summed E-state index contributed by atoms with van der Waals surface area (Å²) in [6.45, 7) is 5.15. The fraction of sp³-hybridized carbons (Fsp3) is 0.286. The van der Waals surface area contributed by atoms with Crippen LogP contribution in [0.1, 0.15) is 21.8 Å². The first kappa shape index (κ1) is 18.0. The molecule has 1 fully saturated rings. The summed E-state index contributed by atoms with van der Waals surface area (Å²) in [5.41, 5.74) is 8.03. The Morgan fingerprint density at radius 2 is 2.00 bits per heavy atom. The van der Waals surface area contributed by atoms with E-state index in [1.807, 2.05) is 36.4 Å². The first-order valence-electron chi connectivity index (χ1n) is 8.65. The molecule has 0 aromatic heterocycles. The van der Waals surface area contributed by atoms with Crippen LogP contribution in [-0.2, 0) is 0 Å². The number of nitrogens with two attached hydrogens (primary N) is 1. The van der Waals surface area contributed by atoms with E-state index in [0.717, 1.165) is 11.3 Å². The molecule has 3 rings (SSSR count). The van der Waals surface area contributed by atoms with Crippen molar-refractivity contribution >= 4 is 5.91 Å². The smallest absolute Gasteiger partial charge is 0.254 e. The number of benzene rings is 2. The van der Waals surface area contributed by atoms with Crippen LogP contribution in [0.4, 0.5) is 0 Å². The lowest BCUT2D eigenvalue weighted by Gasteiger charge is -2.17. The van der Waals surface area contributed by atoms with E-state index in [1.165, 1.54) is 0 Å². The average molecular weight is 352 g/mol. The molecule has 2 aromatic rings. The number of hydrogen-bond acceptors (Lipinski definition) is 4. The molecule has 0 bridgehead atoms. The number of amides is 1. The molecule has 136 valence electrons. The van der Waals surface area contributed by atoms with E-state index in [9.17, 15) is 4.79 Å². The predicted octanol–water partition coefficient (Wildman–Crippen LogP) is 2.83. The summed E-state index contributed by atoms with van der Waals surface area (Å²) in [7, 11) is 1.64. The van der Waals surface area contributed by atoms with Gasteiger partial charge in [-0.15, -0.1) is 0 Å². The van der Waals surface area contributed by atoms with Gasteiger partial charge >= 0.3 is 0 Å². The largest absolute Gasteiger partial charge is 0.497 e. The number of methoxy groups -OCH3 is 1. The molecule has 1 saturated heterocycles. The third kappa shape index (κ3) is 3.89. The molecule has 2 aromatic carbocycles. The molecule has 5 nitrogen and oxygen atoms in total. The Bertz CT molecular complexity index is 790. The van der Waals surface area contributed by atoms with Crippen LogP contribution >= 0.6 is 0 Å². The summed E-state index contributed by atoms with van der Waals surface area (Å²) in [6, 6.07) is 15.0. The van der Waals surface area contributed by atoms with Gasteiger partial charge < -0.3 is 20.1 Å². The summed E-state index contributed by atoms with van der Waals surface area (Å²) in [4.78, 5) is 14.7. The van der Waals surface area contributed by atoms with Gasteiger partial charge in [0.25, 0.3) is 5.91 Å². The van der Waals surface area contributed by atoms with Crippen LogP contribution < -0.4 is 15.2 Å². The van der Waals surface area contributed by atoms with Crippen LogP contribution in [0, 0.1) is 0 Å². The number of likely N-dealkylation sites (tertiary alicyclic amines) is 1. The van der Waals surface area contributed by atoms with Crippen molar-refractivity contribution in [2.24, 2.45) is 5.73 Å². The number of hydrogen-bond donors (Lipinski definition) is 1. The molecule has 0 radical (unpaired) electrons. The highest BCUT2D eigenvalue weighted by Crippen LogP contribution is 2.30. The molecule has 0 saturated carbocycles. The standard InChI is InChI=1S/C21H24N2O3/c1-3-10-26-18-9-5-7-16(12-18)21(24)23-13-19(20(22)14-23)15-6-4-8-17(11-15)25-2/h3-9,11-12,19-20H,1,10,13-14,22H2,2H3/t19-,20+/m0/s1. The maximum Gasteiger partial charge on any atom is 0.254 e. The SMILES string of the molecule is C=CCOc1cccc(C(=O)N2C[C@@H](N)[C@H](c3cccc(OC)c3)C2)c1. The van der Waals surface area contributed by atoms with Gasteiger partial charge in [-0.05, 0) is 35.9 Å². The summed E-state index contributed by atoms with van der Waals surface area (Å²) in [5.74, 6) is 1.51. The van der Waals surface area contributed by atoms with Crippen LogP contribution in [0.15, 0.2) is 61.2 Å². The minimum absolute atomic E-state index is 0.0325. The first-order valence-corrected chi connectivity index (χ1v) is 8.65. The Morgan fingerprint density at radius 3 is 2.77 bits per heavy atom. The van der Waals surface area contributed by atoms with Crippen molar-refractivity contribution < 1.29 is 14.3 Å². The molecule has 1 heterocycles. The van der Waals surface area contributed by atoms with Crippen LogP contribution in [0.3, 0.4) is 0 Å². The van der Waals surface area contributed by atoms with E-state index in [-0.39, 0.29) is 17.9 Å². The van der Waals surface area contributed by atoms with Crippen molar-refractivity contribution in [1.82, 2.24) is 4.90 Å². The highest BCUT2D eigenvalue weighted by molar-refractivity contribution is 5.95. The third-order valence-corrected chi connectivity index (χ3v) is 4.62. The Morgan fingerprint density at radius 1 is 1.23 bits per heavy atom. The lowest BCUT2D eigenvalue weighted by atomic mass is 9.95. The maximum absolute atomic E-state index is 12.9. The second-order valence-corrected chi connectivity index (χ2v) is 6.38. The number of carbonyl (C=O) groups excluding carboxylic acids is 1. The van der Waals surface area contributed by atoms with Gasteiger partial charge in [0.05, 0.1) is 7.11 Å². The van der Waals surface area contributed by atoms with E-state index < -0.39 is 0 Å². The molecule has 2 atom stereocenters. The fourth-order valence-electron chi connectivity index (χ4n) is 3.28. The van der Waals surface area contributed by atoms with Crippen LogP contribution in [-0.4, -0.2) is 43.7 Å². The zero-order valence-electron chi connectivity index (χ0n) is 14.9. The zero-order valence-corrected chi connectivity index (χ0v) is 14.9. The minimum atomic E-state index is -0.105. The van der Waals surface area contributed by atoms with E-state index in [1.54, 1.807) is 30.2 Å². The van der Waals surface area contributed by atoms with Gasteiger partial charge in [-0.1, -0.05) is 30.9 Å². The highest BCUT2D eigenvalue weighted by Gasteiger charge is 2.34. The van der Waals surface area contributed by atoms with Crippen molar-refractivity contribution in [2.45, 2.75) is 12.0 Å². The monoisotopic (exact) mass is 352 g/mol. The Hall–Kier alpha value is -2.79. The van der Waals surface area contributed by atoms with Gasteiger partial charge in [0.2, 0.25) is 0 Å². The van der Waals surface area contributed by atoms with E-state index in [2.05, 4.69) is 6.58 Å². The Kier molecular flexibility index (Phi) is 5.58. The second kappa shape index (κ2) is 8.06. The molecular formula is C21H24N2O3. The fourth-order valence-corrected chi connectivity index (χ4v) is 3.28. The molecule has 0 unspecified atom stereocenters. The van der Waals surface area contributed by atoms with E-state index in [0.29, 0.717) is 31.0 Å². The van der Waals surface area contributed by atoms with E-state index in [4.69, 9.17) is 15.2 Å². The zero-order chi connectivity index (χ0) is 18.5. The van der Waals surface area contributed by atoms with Crippen LogP contribution in [0.25, 0.3) is 0 Å². The van der Waals surface area contributed by atoms with Gasteiger partial charge in [-0.3, -0.25) is 4.79 Å². The summed E-state index contributed by atoms with van der Waals surface area (Å²) in [5, 5.41) is 0. The normalized spacial score (nSPS) is 19.2. The van der Waals surface area contributed by atoms with Gasteiger partial charge in [0, 0.05) is 30.6 Å². The van der Waals surface area contributed by atoms with Crippen molar-refractivity contribution in [3.63, 3.8) is 0 Å². The minimum Gasteiger partial charge on any atom is -0.497 e. The number of ether oxygens (including phenoxy) is 2. The highest BCUT2D eigenvalue weighted by atomic mass is 16.5. The summed E-state index contributed by atoms with van der Waals surface area (Å²) >= 11 is 0. The second-order valence-electron chi connectivity index (χ2n) is 6.38. The molecule has 1 amide bonds. The van der Waals surface area contributed by atoms with Crippen molar-refractivity contribution in [1.29, 1.82) is 0 Å². The molecule has 0 spiro atoms. The quantitative estimate of drug-likeness (QED) is 0.812. The number of nitrogens with zero attached hydrogens (tertiary/aromatic N) is 1. The molecule has 1 aliphatic rings. The van der Waals surface area contributed by atoms with Crippen LogP contribution in [0.5, 0.6) is 11.5 Å². The van der Waals surface area contributed by atoms with Gasteiger partial charge in [-0.2, -0.15) is 0 Å². The molecule has 2 N–H and O–H groups in total. The Balaban J connectivity index is 1.74. The van der Waals surface area contributed by atoms with E-state index >= 15 is 0 Å². The number of rotatable bonds is 6. The third-order valence-electron chi connectivity index (χ3n) is 4.62. The van der Waals surface area contributed by atoms with Gasteiger partial charge in [0.1, 0.15) is 18.1 Å². The van der Waals surface area contributed by atoms with Crippen molar-refractivity contribution in [3.8, 4) is 11.5 Å². The van der Waals surface area contributed by atoms with Crippen LogP contribution in [0.2, 0.25) is 0 Å². The Labute approximate surface area is 154 Å². The molecule has 26 heavy (non-hydrogen) atoms. The van der Waals surface area contributed by atoms with Gasteiger partial charge in [0.15, 0.2) is 0 Å². The maximum atomic E-state index is 12.9. The molecule has 5 heteroatoms. The molecular weight excluding hydrogens is 328 g/mol. The average Bonchev–Trinajstić information content (AvgIpc) is 3.07. The molecule has 1 aliphatic heterocycles. The lowest BCUT2D eigenvalue weighted by molar-refractivity contribution is 0.0788. The summed E-state index contributed by atoms with van der Waals surface area (Å²) < 4.78 is 10.8. The predicted molar refractivity (Wildman–Crippen MR) is 102 cm³/mol. The van der Waals surface area contributed by atoms with Crippen molar-refractivity contribution in [2.75, 3.05) is 26.8 Å². The lowest BCUT2D eigenvalue weighted by Crippen LogP contribution is -2.32. The molecule has 0 aliphatic carbocycles.